The van der Waals surface area contributed by atoms with E-state index in [-0.39, 0.29) is 11.8 Å². The van der Waals surface area contributed by atoms with Crippen LogP contribution >= 0.6 is 0 Å². The second kappa shape index (κ2) is 8.24. The summed E-state index contributed by atoms with van der Waals surface area (Å²) in [4.78, 5) is 0. The first-order chi connectivity index (χ1) is 9.44. The molecule has 0 aliphatic carbocycles. The van der Waals surface area contributed by atoms with Crippen LogP contribution in [0.5, 0.6) is 5.75 Å². The van der Waals surface area contributed by atoms with Gasteiger partial charge in [0.1, 0.15) is 15.6 Å². The Morgan fingerprint density at radius 1 is 1.25 bits per heavy atom. The van der Waals surface area contributed by atoms with Crippen LogP contribution in [0.25, 0.3) is 0 Å². The zero-order valence-corrected chi connectivity index (χ0v) is 12.9. The van der Waals surface area contributed by atoms with Gasteiger partial charge in [-0.05, 0) is 43.4 Å². The van der Waals surface area contributed by atoms with Crippen LogP contribution in [0.1, 0.15) is 24.8 Å². The van der Waals surface area contributed by atoms with Crippen molar-refractivity contribution in [3.8, 4) is 5.75 Å². The van der Waals surface area contributed by atoms with Gasteiger partial charge in [-0.3, -0.25) is 11.3 Å². The number of methoxy groups -OCH3 is 1. The SMILES string of the molecule is COc1ccc(CCC(CCCS(C)(=O)=O)NN)cc1. The zero-order valence-electron chi connectivity index (χ0n) is 12.1. The smallest absolute Gasteiger partial charge is 0.147 e. The van der Waals surface area contributed by atoms with E-state index in [0.29, 0.717) is 6.42 Å². The summed E-state index contributed by atoms with van der Waals surface area (Å²) in [6.45, 7) is 0. The van der Waals surface area contributed by atoms with E-state index < -0.39 is 9.84 Å². The minimum Gasteiger partial charge on any atom is -0.497 e. The van der Waals surface area contributed by atoms with E-state index in [1.807, 2.05) is 24.3 Å². The van der Waals surface area contributed by atoms with E-state index in [0.717, 1.165) is 25.0 Å². The largest absolute Gasteiger partial charge is 0.497 e. The molecule has 1 rings (SSSR count). The predicted octanol–water partition coefficient (Wildman–Crippen LogP) is 1.28. The van der Waals surface area contributed by atoms with Gasteiger partial charge in [0.15, 0.2) is 0 Å². The number of hydrazine groups is 1. The Morgan fingerprint density at radius 3 is 2.40 bits per heavy atom. The Kier molecular flexibility index (Phi) is 6.98. The highest BCUT2D eigenvalue weighted by atomic mass is 32.2. The molecular formula is C14H24N2O3S. The maximum Gasteiger partial charge on any atom is 0.147 e. The maximum absolute atomic E-state index is 11.1. The number of ether oxygens (including phenoxy) is 1. The lowest BCUT2D eigenvalue weighted by atomic mass is 10.0. The van der Waals surface area contributed by atoms with Gasteiger partial charge < -0.3 is 4.74 Å². The third-order valence-corrected chi connectivity index (χ3v) is 4.27. The molecule has 0 amide bonds. The molecule has 3 N–H and O–H groups in total. The van der Waals surface area contributed by atoms with Gasteiger partial charge in [0, 0.05) is 18.1 Å². The number of rotatable bonds is 9. The van der Waals surface area contributed by atoms with Crippen molar-refractivity contribution in [2.75, 3.05) is 19.1 Å². The minimum atomic E-state index is -2.89. The van der Waals surface area contributed by atoms with E-state index in [4.69, 9.17) is 10.6 Å². The molecule has 0 spiro atoms. The summed E-state index contributed by atoms with van der Waals surface area (Å²) in [7, 11) is -1.24. The minimum absolute atomic E-state index is 0.138. The van der Waals surface area contributed by atoms with Crippen LogP contribution in [0, 0.1) is 0 Å². The molecule has 0 radical (unpaired) electrons. The van der Waals surface area contributed by atoms with Crippen molar-refractivity contribution >= 4 is 9.84 Å². The fraction of sp³-hybridized carbons (Fsp3) is 0.571. The van der Waals surface area contributed by atoms with Gasteiger partial charge in [-0.15, -0.1) is 0 Å². The number of hydrogen-bond donors (Lipinski definition) is 2. The van der Waals surface area contributed by atoms with Crippen LogP contribution in [-0.2, 0) is 16.3 Å². The molecule has 0 heterocycles. The summed E-state index contributed by atoms with van der Waals surface area (Å²) in [6.07, 6.45) is 4.44. The second-order valence-corrected chi connectivity index (χ2v) is 7.28. The van der Waals surface area contributed by atoms with Crippen LogP contribution in [-0.4, -0.2) is 33.6 Å². The van der Waals surface area contributed by atoms with Crippen molar-refractivity contribution in [1.82, 2.24) is 5.43 Å². The molecule has 20 heavy (non-hydrogen) atoms. The van der Waals surface area contributed by atoms with Gasteiger partial charge in [0.05, 0.1) is 7.11 Å². The summed E-state index contributed by atoms with van der Waals surface area (Å²) in [5.41, 5.74) is 3.98. The van der Waals surface area contributed by atoms with E-state index >= 15 is 0 Å². The summed E-state index contributed by atoms with van der Waals surface area (Å²) < 4.78 is 27.3. The third-order valence-electron chi connectivity index (χ3n) is 3.24. The van der Waals surface area contributed by atoms with Gasteiger partial charge in [-0.1, -0.05) is 12.1 Å². The average molecular weight is 300 g/mol. The molecule has 0 fully saturated rings. The lowest BCUT2D eigenvalue weighted by Crippen LogP contribution is -2.35. The van der Waals surface area contributed by atoms with E-state index in [2.05, 4.69) is 5.43 Å². The molecule has 0 aliphatic rings. The molecular weight excluding hydrogens is 276 g/mol. The number of aryl methyl sites for hydroxylation is 1. The first kappa shape index (κ1) is 16.9. The number of nitrogens with one attached hydrogen (secondary N) is 1. The Morgan fingerprint density at radius 2 is 1.90 bits per heavy atom. The van der Waals surface area contributed by atoms with E-state index in [1.54, 1.807) is 7.11 Å². The van der Waals surface area contributed by atoms with Gasteiger partial charge >= 0.3 is 0 Å². The van der Waals surface area contributed by atoms with Gasteiger partial charge in [-0.2, -0.15) is 0 Å². The highest BCUT2D eigenvalue weighted by molar-refractivity contribution is 7.90. The number of hydrogen-bond acceptors (Lipinski definition) is 5. The van der Waals surface area contributed by atoms with E-state index in [1.165, 1.54) is 11.8 Å². The van der Waals surface area contributed by atoms with Crippen LogP contribution in [0.15, 0.2) is 24.3 Å². The Balaban J connectivity index is 2.36. The standard InChI is InChI=1S/C14H24N2O3S/c1-19-14-9-6-12(7-10-14)5-8-13(16-15)4-3-11-20(2,17)18/h6-7,9-10,13,16H,3-5,8,11,15H2,1-2H3. The number of sulfone groups is 1. The molecule has 0 bridgehead atoms. The van der Waals surface area contributed by atoms with Crippen molar-refractivity contribution in [1.29, 1.82) is 0 Å². The van der Waals surface area contributed by atoms with Crippen LogP contribution < -0.4 is 16.0 Å². The lowest BCUT2D eigenvalue weighted by Gasteiger charge is -2.15. The fourth-order valence-corrected chi connectivity index (χ4v) is 2.73. The van der Waals surface area contributed by atoms with Gasteiger partial charge in [0.2, 0.25) is 0 Å². The molecule has 6 heteroatoms. The molecule has 0 saturated heterocycles. The molecule has 1 atom stereocenters. The highest BCUT2D eigenvalue weighted by Gasteiger charge is 2.09. The molecule has 1 aromatic rings. The van der Waals surface area contributed by atoms with Crippen molar-refractivity contribution in [2.24, 2.45) is 5.84 Å². The second-order valence-electron chi connectivity index (χ2n) is 5.02. The predicted molar refractivity (Wildman–Crippen MR) is 81.4 cm³/mol. The zero-order chi connectivity index (χ0) is 15.0. The van der Waals surface area contributed by atoms with Gasteiger partial charge in [0.25, 0.3) is 0 Å². The number of nitrogens with two attached hydrogens (primary N) is 1. The normalized spacial score (nSPS) is 13.2. The molecule has 1 unspecified atom stereocenters. The molecule has 0 aromatic heterocycles. The monoisotopic (exact) mass is 300 g/mol. The Bertz CT molecular complexity index is 486. The van der Waals surface area contributed by atoms with Crippen molar-refractivity contribution in [3.05, 3.63) is 29.8 Å². The van der Waals surface area contributed by atoms with Crippen LogP contribution in [0.3, 0.4) is 0 Å². The lowest BCUT2D eigenvalue weighted by molar-refractivity contribution is 0.414. The van der Waals surface area contributed by atoms with Crippen LogP contribution in [0.2, 0.25) is 0 Å². The first-order valence-electron chi connectivity index (χ1n) is 6.71. The fourth-order valence-electron chi connectivity index (χ4n) is 2.04. The quantitative estimate of drug-likeness (QED) is 0.530. The Labute approximate surface area is 121 Å². The van der Waals surface area contributed by atoms with Crippen LogP contribution in [0.4, 0.5) is 0 Å². The topological polar surface area (TPSA) is 81.4 Å². The van der Waals surface area contributed by atoms with Crippen molar-refractivity contribution in [3.63, 3.8) is 0 Å². The maximum atomic E-state index is 11.1. The summed E-state index contributed by atoms with van der Waals surface area (Å²) in [5, 5.41) is 0. The van der Waals surface area contributed by atoms with Crippen molar-refractivity contribution in [2.45, 2.75) is 31.7 Å². The van der Waals surface area contributed by atoms with E-state index in [9.17, 15) is 8.42 Å². The average Bonchev–Trinajstić information content (AvgIpc) is 2.42. The first-order valence-corrected chi connectivity index (χ1v) is 8.77. The third kappa shape index (κ3) is 6.88. The molecule has 0 aliphatic heterocycles. The summed E-state index contributed by atoms with van der Waals surface area (Å²) in [6, 6.07) is 8.07. The molecule has 114 valence electrons. The van der Waals surface area contributed by atoms with Crippen molar-refractivity contribution < 1.29 is 13.2 Å². The Hall–Kier alpha value is -1.11. The summed E-state index contributed by atoms with van der Waals surface area (Å²) >= 11 is 0. The molecule has 1 aromatic carbocycles. The highest BCUT2D eigenvalue weighted by Crippen LogP contribution is 2.14. The summed E-state index contributed by atoms with van der Waals surface area (Å²) in [5.74, 6) is 6.57. The van der Waals surface area contributed by atoms with Gasteiger partial charge in [-0.25, -0.2) is 8.42 Å². The molecule has 0 saturated carbocycles. The number of benzene rings is 1. The molecule has 5 nitrogen and oxygen atoms in total.